The third kappa shape index (κ3) is 5.67. The monoisotopic (exact) mass is 482 g/mol. The van der Waals surface area contributed by atoms with Gasteiger partial charge in [-0.05, 0) is 53.9 Å². The van der Waals surface area contributed by atoms with Gasteiger partial charge in [-0.1, -0.05) is 78.9 Å². The smallest absolute Gasteiger partial charge is 0.264 e. The van der Waals surface area contributed by atoms with E-state index in [1.807, 2.05) is 60.7 Å². The van der Waals surface area contributed by atoms with E-state index in [2.05, 4.69) is 11.9 Å². The van der Waals surface area contributed by atoms with Gasteiger partial charge in [0.25, 0.3) is 15.9 Å². The van der Waals surface area contributed by atoms with E-state index >= 15 is 0 Å². The predicted octanol–water partition coefficient (Wildman–Crippen LogP) is 5.91. The van der Waals surface area contributed by atoms with Gasteiger partial charge >= 0.3 is 0 Å². The molecule has 0 aromatic heterocycles. The summed E-state index contributed by atoms with van der Waals surface area (Å²) < 4.78 is 28.2. The van der Waals surface area contributed by atoms with Crippen LogP contribution in [0.15, 0.2) is 127 Å². The number of rotatable bonds is 9. The SMILES string of the molecule is C=CCN(c1ccccc1)S(=O)(=O)c1cccc(C(=O)Nc2ccccc2Cc2ccccc2)c1. The number of hydrogen-bond donors (Lipinski definition) is 1. The van der Waals surface area contributed by atoms with E-state index in [9.17, 15) is 13.2 Å². The first-order valence-corrected chi connectivity index (χ1v) is 12.6. The predicted molar refractivity (Wildman–Crippen MR) is 141 cm³/mol. The third-order valence-corrected chi connectivity index (χ3v) is 7.32. The average molecular weight is 483 g/mol. The van der Waals surface area contributed by atoms with Crippen LogP contribution in [0.2, 0.25) is 0 Å². The number of hydrogen-bond acceptors (Lipinski definition) is 3. The minimum Gasteiger partial charge on any atom is -0.322 e. The maximum absolute atomic E-state index is 13.5. The molecule has 5 nitrogen and oxygen atoms in total. The van der Waals surface area contributed by atoms with Crippen LogP contribution in [0, 0.1) is 0 Å². The quantitative estimate of drug-likeness (QED) is 0.302. The molecule has 176 valence electrons. The largest absolute Gasteiger partial charge is 0.322 e. The van der Waals surface area contributed by atoms with Crippen LogP contribution in [0.4, 0.5) is 11.4 Å². The molecule has 0 bridgehead atoms. The first-order valence-electron chi connectivity index (χ1n) is 11.2. The van der Waals surface area contributed by atoms with E-state index in [4.69, 9.17) is 0 Å². The summed E-state index contributed by atoms with van der Waals surface area (Å²) in [6.07, 6.45) is 2.20. The highest BCUT2D eigenvalue weighted by Gasteiger charge is 2.25. The first-order chi connectivity index (χ1) is 17.0. The van der Waals surface area contributed by atoms with Crippen LogP contribution in [0.1, 0.15) is 21.5 Å². The Bertz CT molecular complexity index is 1420. The van der Waals surface area contributed by atoms with Gasteiger partial charge < -0.3 is 5.32 Å². The minimum absolute atomic E-state index is 0.0356. The average Bonchev–Trinajstić information content (AvgIpc) is 2.89. The Kier molecular flexibility index (Phi) is 7.43. The van der Waals surface area contributed by atoms with Crippen molar-refractivity contribution in [2.75, 3.05) is 16.2 Å². The van der Waals surface area contributed by atoms with Gasteiger partial charge in [0, 0.05) is 11.3 Å². The molecular weight excluding hydrogens is 456 g/mol. The molecule has 0 aliphatic rings. The number of sulfonamides is 1. The zero-order chi connectivity index (χ0) is 24.7. The van der Waals surface area contributed by atoms with Crippen molar-refractivity contribution < 1.29 is 13.2 Å². The molecule has 0 saturated carbocycles. The topological polar surface area (TPSA) is 66.5 Å². The molecule has 6 heteroatoms. The van der Waals surface area contributed by atoms with E-state index in [0.29, 0.717) is 17.8 Å². The van der Waals surface area contributed by atoms with Gasteiger partial charge in [-0.3, -0.25) is 9.10 Å². The maximum atomic E-state index is 13.5. The van der Waals surface area contributed by atoms with Gasteiger partial charge in [0.15, 0.2) is 0 Å². The van der Waals surface area contributed by atoms with Crippen molar-refractivity contribution in [1.29, 1.82) is 0 Å². The van der Waals surface area contributed by atoms with Crippen molar-refractivity contribution in [2.24, 2.45) is 0 Å². The Morgan fingerprint density at radius 1 is 0.829 bits per heavy atom. The van der Waals surface area contributed by atoms with E-state index in [-0.39, 0.29) is 22.9 Å². The van der Waals surface area contributed by atoms with Crippen LogP contribution < -0.4 is 9.62 Å². The number of carbonyl (C=O) groups excluding carboxylic acids is 1. The van der Waals surface area contributed by atoms with Gasteiger partial charge in [-0.2, -0.15) is 0 Å². The Morgan fingerprint density at radius 2 is 1.49 bits per heavy atom. The first kappa shape index (κ1) is 24.0. The molecule has 0 saturated heterocycles. The van der Waals surface area contributed by atoms with Crippen molar-refractivity contribution >= 4 is 27.3 Å². The Labute approximate surface area is 206 Å². The molecule has 4 aromatic carbocycles. The molecule has 0 unspecified atom stereocenters. The van der Waals surface area contributed by atoms with Crippen molar-refractivity contribution in [3.05, 3.63) is 139 Å². The van der Waals surface area contributed by atoms with Gasteiger partial charge in [-0.25, -0.2) is 8.42 Å². The molecule has 4 aromatic rings. The summed E-state index contributed by atoms with van der Waals surface area (Å²) in [6.45, 7) is 3.80. The summed E-state index contributed by atoms with van der Waals surface area (Å²) in [7, 11) is -3.91. The van der Waals surface area contributed by atoms with E-state index in [0.717, 1.165) is 11.1 Å². The Balaban J connectivity index is 1.60. The lowest BCUT2D eigenvalue weighted by Crippen LogP contribution is -2.31. The summed E-state index contributed by atoms with van der Waals surface area (Å²) in [5.41, 5.74) is 3.57. The molecule has 0 radical (unpaired) electrons. The van der Waals surface area contributed by atoms with Crippen LogP contribution in [-0.2, 0) is 16.4 Å². The normalized spacial score (nSPS) is 11.0. The Hall–Kier alpha value is -4.16. The molecule has 0 spiro atoms. The van der Waals surface area contributed by atoms with Gasteiger partial charge in [0.2, 0.25) is 0 Å². The number of anilines is 2. The summed E-state index contributed by atoms with van der Waals surface area (Å²) in [6, 6.07) is 32.5. The molecule has 35 heavy (non-hydrogen) atoms. The number of carbonyl (C=O) groups is 1. The van der Waals surface area contributed by atoms with Crippen molar-refractivity contribution in [2.45, 2.75) is 11.3 Å². The molecule has 0 atom stereocenters. The number of nitrogens with zero attached hydrogens (tertiary/aromatic N) is 1. The summed E-state index contributed by atoms with van der Waals surface area (Å²) in [5.74, 6) is -0.377. The molecule has 0 aliphatic carbocycles. The second-order valence-electron chi connectivity index (χ2n) is 7.96. The van der Waals surface area contributed by atoms with E-state index < -0.39 is 10.0 Å². The van der Waals surface area contributed by atoms with Crippen molar-refractivity contribution in [1.82, 2.24) is 0 Å². The highest BCUT2D eigenvalue weighted by molar-refractivity contribution is 7.92. The van der Waals surface area contributed by atoms with Crippen LogP contribution in [0.3, 0.4) is 0 Å². The molecular formula is C29H26N2O3S. The van der Waals surface area contributed by atoms with Gasteiger partial charge in [0.1, 0.15) is 0 Å². The fourth-order valence-electron chi connectivity index (χ4n) is 3.79. The standard InChI is InChI=1S/C29H26N2O3S/c1-2-20-31(26-16-7-4-8-17-26)35(33,34)27-18-11-15-25(22-27)29(32)30-28-19-10-9-14-24(28)21-23-12-5-3-6-13-23/h2-19,22H,1,20-21H2,(H,30,32). The summed E-state index contributed by atoms with van der Waals surface area (Å²) >= 11 is 0. The molecule has 1 amide bonds. The van der Waals surface area contributed by atoms with E-state index in [1.54, 1.807) is 36.4 Å². The maximum Gasteiger partial charge on any atom is 0.264 e. The molecule has 4 rings (SSSR count). The lowest BCUT2D eigenvalue weighted by Gasteiger charge is -2.23. The lowest BCUT2D eigenvalue weighted by atomic mass is 10.0. The van der Waals surface area contributed by atoms with Crippen molar-refractivity contribution in [3.8, 4) is 0 Å². The van der Waals surface area contributed by atoms with Crippen LogP contribution >= 0.6 is 0 Å². The fraction of sp³-hybridized carbons (Fsp3) is 0.0690. The van der Waals surface area contributed by atoms with Crippen LogP contribution in [-0.4, -0.2) is 20.9 Å². The molecule has 0 fully saturated rings. The van der Waals surface area contributed by atoms with Crippen LogP contribution in [0.25, 0.3) is 0 Å². The fourth-order valence-corrected chi connectivity index (χ4v) is 5.27. The Morgan fingerprint density at radius 3 is 2.20 bits per heavy atom. The lowest BCUT2D eigenvalue weighted by molar-refractivity contribution is 0.102. The van der Waals surface area contributed by atoms with Crippen molar-refractivity contribution in [3.63, 3.8) is 0 Å². The number of para-hydroxylation sites is 2. The highest BCUT2D eigenvalue weighted by Crippen LogP contribution is 2.25. The zero-order valence-corrected chi connectivity index (χ0v) is 20.0. The van der Waals surface area contributed by atoms with Gasteiger partial charge in [0.05, 0.1) is 17.1 Å². The number of nitrogens with one attached hydrogen (secondary N) is 1. The zero-order valence-electron chi connectivity index (χ0n) is 19.2. The summed E-state index contributed by atoms with van der Waals surface area (Å²) in [4.78, 5) is 13.2. The number of amides is 1. The van der Waals surface area contributed by atoms with E-state index in [1.165, 1.54) is 22.5 Å². The van der Waals surface area contributed by atoms with Gasteiger partial charge in [-0.15, -0.1) is 6.58 Å². The molecule has 0 aliphatic heterocycles. The highest BCUT2D eigenvalue weighted by atomic mass is 32.2. The summed E-state index contributed by atoms with van der Waals surface area (Å²) in [5, 5.41) is 2.95. The molecule has 0 heterocycles. The second-order valence-corrected chi connectivity index (χ2v) is 9.82. The van der Waals surface area contributed by atoms with Crippen LogP contribution in [0.5, 0.6) is 0 Å². The number of benzene rings is 4. The third-order valence-electron chi connectivity index (χ3n) is 5.53. The molecule has 1 N–H and O–H groups in total. The minimum atomic E-state index is -3.91. The second kappa shape index (κ2) is 10.8.